The average Bonchev–Trinajstić information content (AvgIpc) is 2.62. The van der Waals surface area contributed by atoms with E-state index in [1.165, 1.54) is 0 Å². The molecule has 0 radical (unpaired) electrons. The van der Waals surface area contributed by atoms with Crippen LogP contribution in [0.15, 0.2) is 48.5 Å². The van der Waals surface area contributed by atoms with Crippen molar-refractivity contribution in [1.29, 1.82) is 0 Å². The van der Waals surface area contributed by atoms with E-state index in [0.29, 0.717) is 30.2 Å². The molecule has 26 heavy (non-hydrogen) atoms. The Balaban J connectivity index is 1.91. The maximum atomic E-state index is 12.2. The molecule has 0 atom stereocenters. The fourth-order valence-corrected chi connectivity index (χ4v) is 2.40. The summed E-state index contributed by atoms with van der Waals surface area (Å²) in [5.74, 6) is 0.488. The van der Waals surface area contributed by atoms with E-state index in [0.717, 1.165) is 12.1 Å². The minimum Gasteiger partial charge on any atom is -0.492 e. The number of carbonyl (C=O) groups is 2. The maximum Gasteiger partial charge on any atom is 0.243 e. The number of hydrogen-bond donors (Lipinski definition) is 3. The molecule has 2 aromatic carbocycles. The number of benzene rings is 2. The van der Waals surface area contributed by atoms with E-state index in [4.69, 9.17) is 4.74 Å². The van der Waals surface area contributed by atoms with E-state index in [1.54, 1.807) is 24.3 Å². The van der Waals surface area contributed by atoms with Crippen molar-refractivity contribution < 1.29 is 14.3 Å². The van der Waals surface area contributed by atoms with Crippen LogP contribution in [0.5, 0.6) is 5.75 Å². The van der Waals surface area contributed by atoms with Crippen LogP contribution in [0, 0.1) is 0 Å². The first-order valence-corrected chi connectivity index (χ1v) is 8.77. The van der Waals surface area contributed by atoms with Crippen LogP contribution in [0.1, 0.15) is 26.7 Å². The zero-order chi connectivity index (χ0) is 18.8. The molecule has 0 bridgehead atoms. The van der Waals surface area contributed by atoms with Gasteiger partial charge in [0.1, 0.15) is 5.75 Å². The van der Waals surface area contributed by atoms with Gasteiger partial charge in [-0.05, 0) is 43.7 Å². The molecule has 0 aliphatic heterocycles. The van der Waals surface area contributed by atoms with E-state index in [9.17, 15) is 9.59 Å². The molecule has 6 nitrogen and oxygen atoms in total. The summed E-state index contributed by atoms with van der Waals surface area (Å²) in [6.07, 6.45) is 1.26. The van der Waals surface area contributed by atoms with Gasteiger partial charge >= 0.3 is 0 Å². The van der Waals surface area contributed by atoms with Gasteiger partial charge in [0.05, 0.1) is 18.8 Å². The highest BCUT2D eigenvalue weighted by Crippen LogP contribution is 2.23. The summed E-state index contributed by atoms with van der Waals surface area (Å²) in [5.41, 5.74) is 2.06. The molecule has 0 aromatic heterocycles. The molecular formula is C20H25N3O3. The molecule has 6 heteroatoms. The highest BCUT2D eigenvalue weighted by Gasteiger charge is 2.07. The first-order valence-electron chi connectivity index (χ1n) is 8.77. The van der Waals surface area contributed by atoms with Crippen molar-refractivity contribution in [3.05, 3.63) is 48.5 Å². The van der Waals surface area contributed by atoms with Gasteiger partial charge in [0, 0.05) is 17.8 Å². The van der Waals surface area contributed by atoms with Gasteiger partial charge in [-0.1, -0.05) is 25.1 Å². The smallest absolute Gasteiger partial charge is 0.243 e. The average molecular weight is 355 g/mol. The minimum absolute atomic E-state index is 0.0369. The number of para-hydroxylation sites is 2. The van der Waals surface area contributed by atoms with Crippen molar-refractivity contribution in [1.82, 2.24) is 0 Å². The normalized spacial score (nSPS) is 10.1. The molecule has 0 heterocycles. The van der Waals surface area contributed by atoms with Crippen molar-refractivity contribution in [3.8, 4) is 5.75 Å². The second-order valence-corrected chi connectivity index (χ2v) is 5.71. The Labute approximate surface area is 153 Å². The van der Waals surface area contributed by atoms with Gasteiger partial charge in [0.2, 0.25) is 11.8 Å². The summed E-state index contributed by atoms with van der Waals surface area (Å²) in [4.78, 5) is 23.9. The second-order valence-electron chi connectivity index (χ2n) is 5.71. The van der Waals surface area contributed by atoms with Gasteiger partial charge in [0.25, 0.3) is 0 Å². The number of amides is 2. The lowest BCUT2D eigenvalue weighted by Gasteiger charge is -2.12. The molecular weight excluding hydrogens is 330 g/mol. The van der Waals surface area contributed by atoms with Crippen LogP contribution in [0.3, 0.4) is 0 Å². The molecule has 3 N–H and O–H groups in total. The molecule has 2 aromatic rings. The van der Waals surface area contributed by atoms with E-state index < -0.39 is 0 Å². The van der Waals surface area contributed by atoms with Gasteiger partial charge in [-0.25, -0.2) is 0 Å². The van der Waals surface area contributed by atoms with Crippen LogP contribution in [-0.2, 0) is 9.59 Å². The Hall–Kier alpha value is -3.02. The highest BCUT2D eigenvalue weighted by molar-refractivity contribution is 5.95. The number of carbonyl (C=O) groups excluding carboxylic acids is 2. The van der Waals surface area contributed by atoms with Crippen molar-refractivity contribution in [2.75, 3.05) is 29.1 Å². The Morgan fingerprint density at radius 3 is 2.31 bits per heavy atom. The lowest BCUT2D eigenvalue weighted by atomic mass is 10.2. The summed E-state index contributed by atoms with van der Waals surface area (Å²) in [7, 11) is 0. The molecule has 0 fully saturated rings. The summed E-state index contributed by atoms with van der Waals surface area (Å²) in [6.45, 7) is 4.53. The first-order chi connectivity index (χ1) is 12.6. The zero-order valence-corrected chi connectivity index (χ0v) is 15.2. The van der Waals surface area contributed by atoms with Crippen LogP contribution in [0.25, 0.3) is 0 Å². The summed E-state index contributed by atoms with van der Waals surface area (Å²) in [5, 5.41) is 8.70. The standard InChI is InChI=1S/C20H25N3O3/c1-3-8-19(24)22-15-9-7-10-16(13-15)23-20(25)14-21-17-11-5-6-12-18(17)26-4-2/h5-7,9-13,21H,3-4,8,14H2,1-2H3,(H,22,24)(H,23,25). The lowest BCUT2D eigenvalue weighted by molar-refractivity contribution is -0.116. The van der Waals surface area contributed by atoms with Gasteiger partial charge in [-0.3, -0.25) is 9.59 Å². The molecule has 0 aliphatic carbocycles. The molecule has 0 saturated carbocycles. The van der Waals surface area contributed by atoms with Gasteiger partial charge < -0.3 is 20.7 Å². The van der Waals surface area contributed by atoms with Crippen LogP contribution >= 0.6 is 0 Å². The predicted molar refractivity (Wildman–Crippen MR) is 105 cm³/mol. The van der Waals surface area contributed by atoms with Crippen LogP contribution in [0.2, 0.25) is 0 Å². The zero-order valence-electron chi connectivity index (χ0n) is 15.2. The molecule has 0 unspecified atom stereocenters. The van der Waals surface area contributed by atoms with E-state index in [-0.39, 0.29) is 18.4 Å². The Bertz CT molecular complexity index is 747. The summed E-state index contributed by atoms with van der Waals surface area (Å²) in [6, 6.07) is 14.6. The van der Waals surface area contributed by atoms with Crippen molar-refractivity contribution in [2.24, 2.45) is 0 Å². The van der Waals surface area contributed by atoms with Gasteiger partial charge in [-0.15, -0.1) is 0 Å². The first kappa shape index (κ1) is 19.3. The molecule has 138 valence electrons. The molecule has 2 amide bonds. The molecule has 0 aliphatic rings. The largest absolute Gasteiger partial charge is 0.492 e. The van der Waals surface area contributed by atoms with Gasteiger partial charge in [-0.2, -0.15) is 0 Å². The second kappa shape index (κ2) is 10.1. The number of ether oxygens (including phenoxy) is 1. The molecule has 0 spiro atoms. The highest BCUT2D eigenvalue weighted by atomic mass is 16.5. The summed E-state index contributed by atoms with van der Waals surface area (Å²) < 4.78 is 5.53. The quantitative estimate of drug-likeness (QED) is 0.638. The van der Waals surface area contributed by atoms with Crippen LogP contribution < -0.4 is 20.7 Å². The lowest BCUT2D eigenvalue weighted by Crippen LogP contribution is -2.22. The maximum absolute atomic E-state index is 12.2. The molecule has 0 saturated heterocycles. The Kier molecular flexibility index (Phi) is 7.49. The van der Waals surface area contributed by atoms with E-state index in [1.807, 2.05) is 38.1 Å². The number of rotatable bonds is 9. The monoisotopic (exact) mass is 355 g/mol. The SMILES string of the molecule is CCCC(=O)Nc1cccc(NC(=O)CNc2ccccc2OCC)c1. The Morgan fingerprint density at radius 2 is 1.62 bits per heavy atom. The van der Waals surface area contributed by atoms with Crippen molar-refractivity contribution in [3.63, 3.8) is 0 Å². The number of hydrogen-bond acceptors (Lipinski definition) is 4. The Morgan fingerprint density at radius 1 is 0.923 bits per heavy atom. The third-order valence-electron chi connectivity index (χ3n) is 3.53. The van der Waals surface area contributed by atoms with E-state index >= 15 is 0 Å². The third-order valence-corrected chi connectivity index (χ3v) is 3.53. The van der Waals surface area contributed by atoms with Crippen LogP contribution in [-0.4, -0.2) is 25.0 Å². The van der Waals surface area contributed by atoms with Crippen LogP contribution in [0.4, 0.5) is 17.1 Å². The topological polar surface area (TPSA) is 79.5 Å². The fourth-order valence-electron chi connectivity index (χ4n) is 2.40. The minimum atomic E-state index is -0.187. The van der Waals surface area contributed by atoms with Gasteiger partial charge in [0.15, 0.2) is 0 Å². The third kappa shape index (κ3) is 6.12. The van der Waals surface area contributed by atoms with Crippen molar-refractivity contribution in [2.45, 2.75) is 26.7 Å². The molecule has 2 rings (SSSR count). The van der Waals surface area contributed by atoms with Crippen molar-refractivity contribution >= 4 is 28.9 Å². The number of nitrogens with one attached hydrogen (secondary N) is 3. The number of anilines is 3. The van der Waals surface area contributed by atoms with E-state index in [2.05, 4.69) is 16.0 Å². The fraction of sp³-hybridized carbons (Fsp3) is 0.300. The summed E-state index contributed by atoms with van der Waals surface area (Å²) >= 11 is 0. The predicted octanol–water partition coefficient (Wildman–Crippen LogP) is 3.87.